The lowest BCUT2D eigenvalue weighted by Crippen LogP contribution is -2.30. The van der Waals surface area contributed by atoms with Gasteiger partial charge in [-0.15, -0.1) is 0 Å². The minimum Gasteiger partial charge on any atom is -0.462 e. The van der Waals surface area contributed by atoms with Crippen LogP contribution in [0.3, 0.4) is 0 Å². The summed E-state index contributed by atoms with van der Waals surface area (Å²) >= 11 is 0. The molecule has 0 heterocycles. The van der Waals surface area contributed by atoms with E-state index in [2.05, 4.69) is 41.5 Å². The van der Waals surface area contributed by atoms with E-state index in [1.165, 1.54) is 193 Å². The van der Waals surface area contributed by atoms with E-state index in [1.807, 2.05) is 0 Å². The standard InChI is InChI=1S/C74H144O17P2/c1-7-10-12-14-15-16-17-18-19-20-24-27-30-33-39-45-51-57-72(77)85-63-70(91-73(78)58-52-46-40-34-31-28-25-22-21-23-26-29-32-37-43-48-54-66(4)5)65-89-93(82,83)87-61-68(75)60-86-92(80,81)88-64-69(62-84-71(76)56-50-42-13-11-8-2)90-74(79)59-53-47-41-36-35-38-44-49-55-67(6)9-3/h66-70,75H,7-65H2,1-6H3,(H,80,81)(H,82,83)/t67?,68-,69+,70+/m0/s1. The van der Waals surface area contributed by atoms with E-state index >= 15 is 0 Å². The van der Waals surface area contributed by atoms with E-state index in [0.717, 1.165) is 108 Å². The minimum atomic E-state index is -4.95. The van der Waals surface area contributed by atoms with E-state index in [1.54, 1.807) is 0 Å². The van der Waals surface area contributed by atoms with Crippen LogP contribution >= 0.6 is 15.6 Å². The van der Waals surface area contributed by atoms with Gasteiger partial charge < -0.3 is 33.8 Å². The number of rotatable bonds is 73. The van der Waals surface area contributed by atoms with Crippen LogP contribution < -0.4 is 0 Å². The Labute approximate surface area is 568 Å². The highest BCUT2D eigenvalue weighted by molar-refractivity contribution is 7.47. The van der Waals surface area contributed by atoms with E-state index in [0.29, 0.717) is 25.7 Å². The predicted octanol–water partition coefficient (Wildman–Crippen LogP) is 21.6. The summed E-state index contributed by atoms with van der Waals surface area (Å²) in [6.07, 6.45) is 53.1. The average Bonchev–Trinajstić information content (AvgIpc) is 2.88. The molecule has 0 aliphatic rings. The van der Waals surface area contributed by atoms with Crippen molar-refractivity contribution in [1.82, 2.24) is 0 Å². The molecule has 0 rings (SSSR count). The smallest absolute Gasteiger partial charge is 0.462 e. The molecule has 3 N–H and O–H groups in total. The summed E-state index contributed by atoms with van der Waals surface area (Å²) in [7, 11) is -9.90. The highest BCUT2D eigenvalue weighted by atomic mass is 31.2. The molecular formula is C74H144O17P2. The van der Waals surface area contributed by atoms with Gasteiger partial charge in [0.2, 0.25) is 0 Å². The zero-order valence-corrected chi connectivity index (χ0v) is 62.3. The van der Waals surface area contributed by atoms with Crippen molar-refractivity contribution < 1.29 is 80.2 Å². The van der Waals surface area contributed by atoms with E-state index < -0.39 is 97.5 Å². The van der Waals surface area contributed by atoms with Crippen LogP contribution in [0.4, 0.5) is 0 Å². The van der Waals surface area contributed by atoms with Gasteiger partial charge in [0.15, 0.2) is 12.2 Å². The molecule has 19 heteroatoms. The Balaban J connectivity index is 5.15. The van der Waals surface area contributed by atoms with Crippen LogP contribution in [0.2, 0.25) is 0 Å². The van der Waals surface area contributed by atoms with Gasteiger partial charge in [0.25, 0.3) is 0 Å². The molecular weight excluding hydrogens is 1220 g/mol. The highest BCUT2D eigenvalue weighted by Gasteiger charge is 2.30. The molecule has 0 amide bonds. The van der Waals surface area contributed by atoms with Gasteiger partial charge in [-0.25, -0.2) is 9.13 Å². The van der Waals surface area contributed by atoms with Gasteiger partial charge in [-0.1, -0.05) is 330 Å². The van der Waals surface area contributed by atoms with Crippen molar-refractivity contribution >= 4 is 39.5 Å². The maximum atomic E-state index is 13.1. The fourth-order valence-electron chi connectivity index (χ4n) is 11.3. The number of phosphoric ester groups is 2. The quantitative estimate of drug-likeness (QED) is 0.0222. The van der Waals surface area contributed by atoms with E-state index in [-0.39, 0.29) is 25.7 Å². The van der Waals surface area contributed by atoms with Gasteiger partial charge in [-0.2, -0.15) is 0 Å². The van der Waals surface area contributed by atoms with Gasteiger partial charge in [-0.05, 0) is 37.5 Å². The lowest BCUT2D eigenvalue weighted by molar-refractivity contribution is -0.161. The van der Waals surface area contributed by atoms with Gasteiger partial charge in [0, 0.05) is 25.7 Å². The Morgan fingerprint density at radius 1 is 0.312 bits per heavy atom. The van der Waals surface area contributed by atoms with Crippen LogP contribution in [0.5, 0.6) is 0 Å². The van der Waals surface area contributed by atoms with Crippen LogP contribution in [0.15, 0.2) is 0 Å². The fraction of sp³-hybridized carbons (Fsp3) is 0.946. The fourth-order valence-corrected chi connectivity index (χ4v) is 12.8. The van der Waals surface area contributed by atoms with Crippen molar-refractivity contribution in [1.29, 1.82) is 0 Å². The molecule has 0 fully saturated rings. The average molecular weight is 1370 g/mol. The summed E-state index contributed by atoms with van der Waals surface area (Å²) in [6.45, 7) is 9.52. The third kappa shape index (κ3) is 67.0. The Morgan fingerprint density at radius 2 is 0.548 bits per heavy atom. The Hall–Kier alpha value is -1.94. The maximum Gasteiger partial charge on any atom is 0.472 e. The number of aliphatic hydroxyl groups excluding tert-OH is 1. The van der Waals surface area contributed by atoms with Crippen molar-refractivity contribution in [3.05, 3.63) is 0 Å². The summed E-state index contributed by atoms with van der Waals surface area (Å²) in [5.74, 6) is -0.551. The number of hydrogen-bond acceptors (Lipinski definition) is 15. The molecule has 93 heavy (non-hydrogen) atoms. The van der Waals surface area contributed by atoms with Gasteiger partial charge >= 0.3 is 39.5 Å². The molecule has 0 radical (unpaired) electrons. The zero-order valence-electron chi connectivity index (χ0n) is 60.6. The molecule has 6 atom stereocenters. The number of carbonyl (C=O) groups is 4. The van der Waals surface area contributed by atoms with Crippen molar-refractivity contribution in [2.24, 2.45) is 11.8 Å². The van der Waals surface area contributed by atoms with Crippen LogP contribution in [0, 0.1) is 11.8 Å². The second kappa shape index (κ2) is 66.0. The number of hydrogen-bond donors (Lipinski definition) is 3. The largest absolute Gasteiger partial charge is 0.472 e. The zero-order chi connectivity index (χ0) is 68.6. The third-order valence-electron chi connectivity index (χ3n) is 17.6. The summed E-state index contributed by atoms with van der Waals surface area (Å²) < 4.78 is 68.2. The first-order chi connectivity index (χ1) is 44.9. The van der Waals surface area contributed by atoms with E-state index in [9.17, 15) is 43.2 Å². The molecule has 552 valence electrons. The molecule has 17 nitrogen and oxygen atoms in total. The van der Waals surface area contributed by atoms with Crippen molar-refractivity contribution in [3.63, 3.8) is 0 Å². The molecule has 0 aromatic heterocycles. The molecule has 3 unspecified atom stereocenters. The lowest BCUT2D eigenvalue weighted by atomic mass is 9.99. The number of unbranched alkanes of at least 4 members (excludes halogenated alkanes) is 42. The number of ether oxygens (including phenoxy) is 4. The number of phosphoric acid groups is 2. The van der Waals surface area contributed by atoms with Crippen molar-refractivity contribution in [2.75, 3.05) is 39.6 Å². The molecule has 0 aromatic carbocycles. The predicted molar refractivity (Wildman–Crippen MR) is 377 cm³/mol. The number of esters is 4. The molecule has 0 saturated carbocycles. The van der Waals surface area contributed by atoms with Gasteiger partial charge in [0.05, 0.1) is 26.4 Å². The summed E-state index contributed by atoms with van der Waals surface area (Å²) in [6, 6.07) is 0. The first-order valence-corrected chi connectivity index (χ1v) is 41.5. The molecule has 0 aliphatic heterocycles. The third-order valence-corrected chi connectivity index (χ3v) is 19.5. The first kappa shape index (κ1) is 91.1. The highest BCUT2D eigenvalue weighted by Crippen LogP contribution is 2.45. The topological polar surface area (TPSA) is 237 Å². The Kier molecular flexibility index (Phi) is 64.6. The summed E-state index contributed by atoms with van der Waals surface area (Å²) in [5, 5.41) is 10.6. The van der Waals surface area contributed by atoms with Crippen LogP contribution in [-0.2, 0) is 65.4 Å². The number of carbonyl (C=O) groups excluding carboxylic acids is 4. The minimum absolute atomic E-state index is 0.104. The van der Waals surface area contributed by atoms with Gasteiger partial charge in [0.1, 0.15) is 19.3 Å². The molecule has 0 spiro atoms. The molecule has 0 bridgehead atoms. The SMILES string of the molecule is CCCCCCCCCCCCCCCCCCCC(=O)OC[C@H](COP(=O)(O)OC[C@@H](O)COP(=O)(O)OC[C@@H](COC(=O)CCCCCCC)OC(=O)CCCCCCCCCCC(C)CC)OC(=O)CCCCCCCCCCCCCCCCCCC(C)C. The van der Waals surface area contributed by atoms with Crippen LogP contribution in [0.1, 0.15) is 382 Å². The maximum absolute atomic E-state index is 13.1. The van der Waals surface area contributed by atoms with Gasteiger partial charge in [-0.3, -0.25) is 37.3 Å². The summed E-state index contributed by atoms with van der Waals surface area (Å²) in [4.78, 5) is 72.4. The van der Waals surface area contributed by atoms with Crippen molar-refractivity contribution in [2.45, 2.75) is 400 Å². The monoisotopic (exact) mass is 1370 g/mol. The second-order valence-electron chi connectivity index (χ2n) is 27.4. The Bertz CT molecular complexity index is 1810. The second-order valence-corrected chi connectivity index (χ2v) is 30.3. The lowest BCUT2D eigenvalue weighted by Gasteiger charge is -2.21. The molecule has 0 aromatic rings. The van der Waals surface area contributed by atoms with E-state index in [4.69, 9.17) is 37.0 Å². The van der Waals surface area contributed by atoms with Crippen LogP contribution in [0.25, 0.3) is 0 Å². The Morgan fingerprint density at radius 3 is 0.817 bits per heavy atom. The van der Waals surface area contributed by atoms with Crippen molar-refractivity contribution in [3.8, 4) is 0 Å². The first-order valence-electron chi connectivity index (χ1n) is 38.5. The molecule has 0 aliphatic carbocycles. The normalized spacial score (nSPS) is 14.3. The summed E-state index contributed by atoms with van der Waals surface area (Å²) in [5.41, 5.74) is 0. The molecule has 0 saturated heterocycles. The number of aliphatic hydroxyl groups is 1. The van der Waals surface area contributed by atoms with Crippen LogP contribution in [-0.4, -0.2) is 96.7 Å².